The van der Waals surface area contributed by atoms with Gasteiger partial charge in [-0.1, -0.05) is 0 Å². The van der Waals surface area contributed by atoms with Crippen molar-refractivity contribution in [3.05, 3.63) is 0 Å². The van der Waals surface area contributed by atoms with Gasteiger partial charge in [-0.2, -0.15) is 0 Å². The molecule has 0 spiro atoms. The first-order valence-electron chi connectivity index (χ1n) is 5.86. The predicted octanol–water partition coefficient (Wildman–Crippen LogP) is -1.52. The maximum absolute atomic E-state index is 11.6. The summed E-state index contributed by atoms with van der Waals surface area (Å²) in [6.45, 7) is 2.05. The highest BCUT2D eigenvalue weighted by Gasteiger charge is 2.42. The molecule has 0 aromatic heterocycles. The average Bonchev–Trinajstić information content (AvgIpc) is 2.56. The Morgan fingerprint density at radius 2 is 1.78 bits per heavy atom. The third kappa shape index (κ3) is 2.34. The number of carbonyl (C=O) groups is 4. The van der Waals surface area contributed by atoms with E-state index in [1.807, 2.05) is 0 Å². The summed E-state index contributed by atoms with van der Waals surface area (Å²) in [5.41, 5.74) is 0. The molecular formula is C11H15N3O4. The second-order valence-corrected chi connectivity index (χ2v) is 4.52. The van der Waals surface area contributed by atoms with Crippen LogP contribution in [0.1, 0.15) is 19.8 Å². The van der Waals surface area contributed by atoms with Gasteiger partial charge >= 0.3 is 0 Å². The van der Waals surface area contributed by atoms with E-state index in [0.29, 0.717) is 13.1 Å². The van der Waals surface area contributed by atoms with Crippen molar-refractivity contribution >= 4 is 23.6 Å². The minimum atomic E-state index is -0.259. The number of likely N-dealkylation sites (tertiary alicyclic amines) is 2. The standard InChI is InChI=1S/C11H15N3O4/c1-7(15)12-4-11(18)13-5-8(6-13)14-9(16)2-3-10(14)17/h8H,2-6H2,1H3,(H,12,15). The van der Waals surface area contributed by atoms with Crippen LogP contribution >= 0.6 is 0 Å². The molecule has 0 bridgehead atoms. The summed E-state index contributed by atoms with van der Waals surface area (Å²) >= 11 is 0. The molecule has 2 heterocycles. The predicted molar refractivity (Wildman–Crippen MR) is 60.1 cm³/mol. The largest absolute Gasteiger partial charge is 0.347 e. The van der Waals surface area contributed by atoms with Gasteiger partial charge in [0.15, 0.2) is 0 Å². The number of nitrogens with zero attached hydrogens (tertiary/aromatic N) is 2. The average molecular weight is 253 g/mol. The first-order chi connectivity index (χ1) is 8.49. The third-order valence-corrected chi connectivity index (χ3v) is 3.16. The van der Waals surface area contributed by atoms with Gasteiger partial charge in [0, 0.05) is 32.9 Å². The van der Waals surface area contributed by atoms with Crippen LogP contribution in [0.15, 0.2) is 0 Å². The summed E-state index contributed by atoms with van der Waals surface area (Å²) in [5.74, 6) is -0.760. The Kier molecular flexibility index (Phi) is 3.31. The fourth-order valence-electron chi connectivity index (χ4n) is 2.14. The van der Waals surface area contributed by atoms with Crippen molar-refractivity contribution in [2.24, 2.45) is 0 Å². The molecule has 2 aliphatic rings. The van der Waals surface area contributed by atoms with Crippen molar-refractivity contribution in [3.63, 3.8) is 0 Å². The van der Waals surface area contributed by atoms with E-state index in [0.717, 1.165) is 0 Å². The minimum absolute atomic E-state index is 0.0378. The van der Waals surface area contributed by atoms with Gasteiger partial charge in [-0.15, -0.1) is 0 Å². The molecule has 1 N–H and O–H groups in total. The number of hydrogen-bond acceptors (Lipinski definition) is 4. The molecule has 0 atom stereocenters. The highest BCUT2D eigenvalue weighted by molar-refractivity contribution is 6.02. The summed E-state index contributed by atoms with van der Waals surface area (Å²) in [6.07, 6.45) is 0.546. The van der Waals surface area contributed by atoms with Crippen molar-refractivity contribution in [2.75, 3.05) is 19.6 Å². The number of hydrogen-bond donors (Lipinski definition) is 1. The Morgan fingerprint density at radius 1 is 1.22 bits per heavy atom. The fraction of sp³-hybridized carbons (Fsp3) is 0.636. The van der Waals surface area contributed by atoms with E-state index < -0.39 is 0 Å². The van der Waals surface area contributed by atoms with Gasteiger partial charge in [-0.3, -0.25) is 24.1 Å². The molecule has 98 valence electrons. The molecule has 0 radical (unpaired) electrons. The van der Waals surface area contributed by atoms with Crippen molar-refractivity contribution in [1.82, 2.24) is 15.1 Å². The van der Waals surface area contributed by atoms with Gasteiger partial charge in [0.05, 0.1) is 12.6 Å². The third-order valence-electron chi connectivity index (χ3n) is 3.16. The number of carbonyl (C=O) groups excluding carboxylic acids is 4. The van der Waals surface area contributed by atoms with Gasteiger partial charge in [0.2, 0.25) is 23.6 Å². The summed E-state index contributed by atoms with van der Waals surface area (Å²) < 4.78 is 0. The van der Waals surface area contributed by atoms with Gasteiger partial charge in [0.1, 0.15) is 0 Å². The van der Waals surface area contributed by atoms with Crippen LogP contribution in [0.25, 0.3) is 0 Å². The van der Waals surface area contributed by atoms with Crippen LogP contribution in [0.4, 0.5) is 0 Å². The number of rotatable bonds is 3. The van der Waals surface area contributed by atoms with E-state index in [1.54, 1.807) is 0 Å². The number of imide groups is 1. The summed E-state index contributed by atoms with van der Waals surface area (Å²) in [6, 6.07) is -0.186. The highest BCUT2D eigenvalue weighted by Crippen LogP contribution is 2.22. The van der Waals surface area contributed by atoms with Gasteiger partial charge in [-0.25, -0.2) is 0 Å². The molecule has 7 nitrogen and oxygen atoms in total. The molecule has 0 aromatic rings. The van der Waals surface area contributed by atoms with Crippen molar-refractivity contribution in [3.8, 4) is 0 Å². The van der Waals surface area contributed by atoms with Crippen LogP contribution < -0.4 is 5.32 Å². The SMILES string of the molecule is CC(=O)NCC(=O)N1CC(N2C(=O)CCC2=O)C1. The highest BCUT2D eigenvalue weighted by atomic mass is 16.2. The lowest BCUT2D eigenvalue weighted by Gasteiger charge is -2.43. The van der Waals surface area contributed by atoms with Gasteiger partial charge in [0.25, 0.3) is 0 Å². The Bertz CT molecular complexity index is 399. The lowest BCUT2D eigenvalue weighted by Crippen LogP contribution is -2.63. The Balaban J connectivity index is 1.80. The molecule has 2 aliphatic heterocycles. The van der Waals surface area contributed by atoms with E-state index in [9.17, 15) is 19.2 Å². The fourth-order valence-corrected chi connectivity index (χ4v) is 2.14. The van der Waals surface area contributed by atoms with Crippen LogP contribution in [0.3, 0.4) is 0 Å². The van der Waals surface area contributed by atoms with E-state index in [4.69, 9.17) is 0 Å². The molecule has 7 heteroatoms. The lowest BCUT2D eigenvalue weighted by molar-refractivity contribution is -0.151. The van der Waals surface area contributed by atoms with Crippen LogP contribution in [0.5, 0.6) is 0 Å². The van der Waals surface area contributed by atoms with Gasteiger partial charge < -0.3 is 10.2 Å². The first kappa shape index (κ1) is 12.5. The first-order valence-corrected chi connectivity index (χ1v) is 5.86. The summed E-state index contributed by atoms with van der Waals surface area (Å²) in [7, 11) is 0. The molecule has 2 saturated heterocycles. The van der Waals surface area contributed by atoms with Crippen LogP contribution in [0, 0.1) is 0 Å². The molecule has 0 saturated carbocycles. The lowest BCUT2D eigenvalue weighted by atomic mass is 10.1. The van der Waals surface area contributed by atoms with E-state index in [2.05, 4.69) is 5.32 Å². The molecule has 4 amide bonds. The second kappa shape index (κ2) is 4.75. The van der Waals surface area contributed by atoms with Crippen molar-refractivity contribution in [1.29, 1.82) is 0 Å². The normalized spacial score (nSPS) is 20.1. The quantitative estimate of drug-likeness (QED) is 0.619. The van der Waals surface area contributed by atoms with Gasteiger partial charge in [-0.05, 0) is 0 Å². The zero-order valence-corrected chi connectivity index (χ0v) is 10.1. The minimum Gasteiger partial charge on any atom is -0.347 e. The van der Waals surface area contributed by atoms with E-state index >= 15 is 0 Å². The van der Waals surface area contributed by atoms with Crippen molar-refractivity contribution < 1.29 is 19.2 Å². The molecular weight excluding hydrogens is 238 g/mol. The van der Waals surface area contributed by atoms with Crippen molar-refractivity contribution in [2.45, 2.75) is 25.8 Å². The zero-order valence-electron chi connectivity index (χ0n) is 10.1. The number of amides is 4. The van der Waals surface area contributed by atoms with Crippen LogP contribution in [-0.4, -0.2) is 59.1 Å². The second-order valence-electron chi connectivity index (χ2n) is 4.52. The Hall–Kier alpha value is -1.92. The van der Waals surface area contributed by atoms with E-state index in [1.165, 1.54) is 16.7 Å². The zero-order chi connectivity index (χ0) is 13.3. The molecule has 0 unspecified atom stereocenters. The van der Waals surface area contributed by atoms with Crippen LogP contribution in [-0.2, 0) is 19.2 Å². The molecule has 2 rings (SSSR count). The topological polar surface area (TPSA) is 86.8 Å². The number of nitrogens with one attached hydrogen (secondary N) is 1. The maximum Gasteiger partial charge on any atom is 0.242 e. The molecule has 18 heavy (non-hydrogen) atoms. The Morgan fingerprint density at radius 3 is 2.28 bits per heavy atom. The summed E-state index contributed by atoms with van der Waals surface area (Å²) in [5, 5.41) is 2.42. The summed E-state index contributed by atoms with van der Waals surface area (Å²) in [4.78, 5) is 47.9. The smallest absolute Gasteiger partial charge is 0.242 e. The molecule has 2 fully saturated rings. The monoisotopic (exact) mass is 253 g/mol. The Labute approximate surface area is 104 Å². The van der Waals surface area contributed by atoms with Crippen LogP contribution in [0.2, 0.25) is 0 Å². The maximum atomic E-state index is 11.6. The van der Waals surface area contributed by atoms with E-state index in [-0.39, 0.29) is 49.1 Å². The molecule has 0 aromatic carbocycles. The molecule has 0 aliphatic carbocycles.